The molecule has 2 heterocycles. The lowest BCUT2D eigenvalue weighted by Crippen LogP contribution is -2.32. The Bertz CT molecular complexity index is 831. The first-order valence-electron chi connectivity index (χ1n) is 9.98. The minimum absolute atomic E-state index is 0.0935. The zero-order valence-electron chi connectivity index (χ0n) is 16.9. The smallest absolute Gasteiger partial charge is 0.142 e. The van der Waals surface area contributed by atoms with E-state index in [-0.39, 0.29) is 5.41 Å². The highest BCUT2D eigenvalue weighted by Crippen LogP contribution is 2.38. The second-order valence-electron chi connectivity index (χ2n) is 8.11. The van der Waals surface area contributed by atoms with Crippen LogP contribution in [0.2, 0.25) is 0 Å². The molecule has 0 unspecified atom stereocenters. The van der Waals surface area contributed by atoms with Crippen molar-refractivity contribution in [3.63, 3.8) is 0 Å². The Hall–Kier alpha value is -2.04. The normalized spacial score (nSPS) is 17.6. The molecule has 2 aromatic rings. The lowest BCUT2D eigenvalue weighted by molar-refractivity contribution is 0.100. The first-order chi connectivity index (χ1) is 13.0. The molecule has 2 aliphatic heterocycles. The molecule has 2 aromatic carbocycles. The van der Waals surface area contributed by atoms with Gasteiger partial charge in [-0.25, -0.2) is 0 Å². The van der Waals surface area contributed by atoms with Gasteiger partial charge in [0.2, 0.25) is 0 Å². The molecule has 0 saturated carbocycles. The molecule has 0 bridgehead atoms. The maximum atomic E-state index is 6.02. The summed E-state index contributed by atoms with van der Waals surface area (Å²) in [6, 6.07) is 13.4. The van der Waals surface area contributed by atoms with Gasteiger partial charge in [-0.3, -0.25) is 9.80 Å². The Labute approximate surface area is 162 Å². The van der Waals surface area contributed by atoms with Crippen LogP contribution in [0, 0.1) is 0 Å². The van der Waals surface area contributed by atoms with Crippen LogP contribution in [-0.2, 0) is 18.5 Å². The molecule has 0 saturated heterocycles. The third kappa shape index (κ3) is 3.44. The molecule has 0 fully saturated rings. The lowest BCUT2D eigenvalue weighted by atomic mass is 9.77. The SMILES string of the molecule is CCN1COc2ccc(C(C)(C)c3ccc4c(c3)OCN(CC)C4)cc2C1. The average Bonchev–Trinajstić information content (AvgIpc) is 2.71. The van der Waals surface area contributed by atoms with Gasteiger partial charge < -0.3 is 9.47 Å². The van der Waals surface area contributed by atoms with Crippen LogP contribution in [-0.4, -0.2) is 36.4 Å². The molecule has 27 heavy (non-hydrogen) atoms. The van der Waals surface area contributed by atoms with Crippen LogP contribution in [0.4, 0.5) is 0 Å². The van der Waals surface area contributed by atoms with Crippen molar-refractivity contribution < 1.29 is 9.47 Å². The molecular weight excluding hydrogens is 336 g/mol. The Balaban J connectivity index is 1.64. The molecule has 144 valence electrons. The summed E-state index contributed by atoms with van der Waals surface area (Å²) < 4.78 is 11.9. The van der Waals surface area contributed by atoms with Crippen molar-refractivity contribution in [2.45, 2.75) is 46.2 Å². The molecule has 2 aliphatic rings. The molecular formula is C23H30N2O2. The number of hydrogen-bond donors (Lipinski definition) is 0. The van der Waals surface area contributed by atoms with Gasteiger partial charge >= 0.3 is 0 Å². The highest BCUT2D eigenvalue weighted by atomic mass is 16.5. The molecule has 4 heteroatoms. The largest absolute Gasteiger partial charge is 0.478 e. The minimum atomic E-state index is -0.0935. The van der Waals surface area contributed by atoms with Crippen LogP contribution in [0.15, 0.2) is 36.4 Å². The number of nitrogens with zero attached hydrogens (tertiary/aromatic N) is 2. The predicted molar refractivity (Wildman–Crippen MR) is 108 cm³/mol. The first kappa shape index (κ1) is 18.3. The number of fused-ring (bicyclic) bond motifs is 2. The Morgan fingerprint density at radius 1 is 0.778 bits per heavy atom. The summed E-state index contributed by atoms with van der Waals surface area (Å²) >= 11 is 0. The van der Waals surface area contributed by atoms with E-state index in [1.165, 1.54) is 22.3 Å². The van der Waals surface area contributed by atoms with E-state index in [2.05, 4.69) is 73.9 Å². The van der Waals surface area contributed by atoms with Gasteiger partial charge in [0.05, 0.1) is 0 Å². The van der Waals surface area contributed by atoms with Crippen LogP contribution >= 0.6 is 0 Å². The highest BCUT2D eigenvalue weighted by Gasteiger charge is 2.27. The van der Waals surface area contributed by atoms with Crippen molar-refractivity contribution in [2.75, 3.05) is 26.6 Å². The maximum absolute atomic E-state index is 6.02. The second-order valence-corrected chi connectivity index (χ2v) is 8.11. The van der Waals surface area contributed by atoms with E-state index in [1.54, 1.807) is 0 Å². The standard InChI is InChI=1S/C23H30N2O2/c1-5-24-13-17-7-8-20(12-22(17)27-16-24)23(3,4)19-9-10-21-18(11-19)14-25(6-2)15-26-21/h7-12H,5-6,13-16H2,1-4H3. The van der Waals surface area contributed by atoms with Gasteiger partial charge in [-0.2, -0.15) is 0 Å². The third-order valence-corrected chi connectivity index (χ3v) is 6.06. The average molecular weight is 367 g/mol. The highest BCUT2D eigenvalue weighted by molar-refractivity contribution is 5.48. The van der Waals surface area contributed by atoms with Crippen LogP contribution in [0.25, 0.3) is 0 Å². The summed E-state index contributed by atoms with van der Waals surface area (Å²) in [4.78, 5) is 4.61. The minimum Gasteiger partial charge on any atom is -0.478 e. The summed E-state index contributed by atoms with van der Waals surface area (Å²) in [6.07, 6.45) is 0. The second kappa shape index (κ2) is 7.17. The van der Waals surface area contributed by atoms with Gasteiger partial charge in [0, 0.05) is 29.6 Å². The molecule has 4 nitrogen and oxygen atoms in total. The van der Waals surface area contributed by atoms with E-state index >= 15 is 0 Å². The summed E-state index contributed by atoms with van der Waals surface area (Å²) in [5.74, 6) is 2.05. The fraction of sp³-hybridized carbons (Fsp3) is 0.478. The van der Waals surface area contributed by atoms with Gasteiger partial charge in [0.25, 0.3) is 0 Å². The Morgan fingerprint density at radius 2 is 1.37 bits per heavy atom. The van der Waals surface area contributed by atoms with E-state index in [1.807, 2.05) is 0 Å². The monoisotopic (exact) mass is 366 g/mol. The molecule has 0 atom stereocenters. The van der Waals surface area contributed by atoms with Crippen LogP contribution in [0.3, 0.4) is 0 Å². The van der Waals surface area contributed by atoms with Crippen molar-refractivity contribution in [2.24, 2.45) is 0 Å². The molecule has 0 spiro atoms. The fourth-order valence-electron chi connectivity index (χ4n) is 3.91. The van der Waals surface area contributed by atoms with Gasteiger partial charge in [-0.05, 0) is 42.4 Å². The Kier molecular flexibility index (Phi) is 4.87. The van der Waals surface area contributed by atoms with Gasteiger partial charge in [-0.1, -0.05) is 45.9 Å². The van der Waals surface area contributed by atoms with E-state index in [9.17, 15) is 0 Å². The van der Waals surface area contributed by atoms with E-state index < -0.39 is 0 Å². The van der Waals surface area contributed by atoms with Crippen LogP contribution in [0.5, 0.6) is 11.5 Å². The molecule has 0 aliphatic carbocycles. The van der Waals surface area contributed by atoms with Gasteiger partial charge in [0.1, 0.15) is 25.0 Å². The molecule has 0 aromatic heterocycles. The third-order valence-electron chi connectivity index (χ3n) is 6.06. The summed E-state index contributed by atoms with van der Waals surface area (Å²) in [6.45, 7) is 14.2. The van der Waals surface area contributed by atoms with Crippen LogP contribution < -0.4 is 9.47 Å². The van der Waals surface area contributed by atoms with Gasteiger partial charge in [-0.15, -0.1) is 0 Å². The lowest BCUT2D eigenvalue weighted by Gasteiger charge is -2.33. The maximum Gasteiger partial charge on any atom is 0.142 e. The zero-order valence-corrected chi connectivity index (χ0v) is 16.9. The van der Waals surface area contributed by atoms with Crippen LogP contribution in [0.1, 0.15) is 49.9 Å². The van der Waals surface area contributed by atoms with Crippen molar-refractivity contribution in [3.05, 3.63) is 58.7 Å². The van der Waals surface area contributed by atoms with Crippen molar-refractivity contribution >= 4 is 0 Å². The number of ether oxygens (including phenoxy) is 2. The molecule has 4 rings (SSSR count). The van der Waals surface area contributed by atoms with E-state index in [4.69, 9.17) is 9.47 Å². The number of rotatable bonds is 4. The topological polar surface area (TPSA) is 24.9 Å². The quantitative estimate of drug-likeness (QED) is 0.803. The molecule has 0 amide bonds. The van der Waals surface area contributed by atoms with Crippen molar-refractivity contribution in [1.29, 1.82) is 0 Å². The van der Waals surface area contributed by atoms with Crippen molar-refractivity contribution in [3.8, 4) is 11.5 Å². The fourth-order valence-corrected chi connectivity index (χ4v) is 3.91. The number of hydrogen-bond acceptors (Lipinski definition) is 4. The summed E-state index contributed by atoms with van der Waals surface area (Å²) in [5.41, 5.74) is 5.06. The molecule has 0 N–H and O–H groups in total. The Morgan fingerprint density at radius 3 is 2.07 bits per heavy atom. The van der Waals surface area contributed by atoms with E-state index in [0.29, 0.717) is 13.5 Å². The van der Waals surface area contributed by atoms with E-state index in [0.717, 1.165) is 37.7 Å². The van der Waals surface area contributed by atoms with Crippen molar-refractivity contribution in [1.82, 2.24) is 9.80 Å². The first-order valence-corrected chi connectivity index (χ1v) is 9.98. The van der Waals surface area contributed by atoms with Gasteiger partial charge in [0.15, 0.2) is 0 Å². The number of benzene rings is 2. The predicted octanol–water partition coefficient (Wildman–Crippen LogP) is 4.36. The summed E-state index contributed by atoms with van der Waals surface area (Å²) in [5, 5.41) is 0. The summed E-state index contributed by atoms with van der Waals surface area (Å²) in [7, 11) is 0. The molecule has 0 radical (unpaired) electrons. The zero-order chi connectivity index (χ0) is 19.0.